The highest BCUT2D eigenvalue weighted by atomic mass is 32.2. The Balaban J connectivity index is 1.47. The van der Waals surface area contributed by atoms with Crippen molar-refractivity contribution in [1.82, 2.24) is 4.98 Å². The summed E-state index contributed by atoms with van der Waals surface area (Å²) in [6.45, 7) is 2.45. The van der Waals surface area contributed by atoms with Gasteiger partial charge in [-0.25, -0.2) is 13.4 Å². The summed E-state index contributed by atoms with van der Waals surface area (Å²) in [5.74, 6) is 0.562. The van der Waals surface area contributed by atoms with Crippen LogP contribution in [0.2, 0.25) is 0 Å². The lowest BCUT2D eigenvalue weighted by Gasteiger charge is -2.18. The van der Waals surface area contributed by atoms with Crippen molar-refractivity contribution < 1.29 is 17.9 Å². The van der Waals surface area contributed by atoms with Crippen LogP contribution in [0.5, 0.6) is 5.75 Å². The van der Waals surface area contributed by atoms with Crippen molar-refractivity contribution >= 4 is 38.1 Å². The van der Waals surface area contributed by atoms with Gasteiger partial charge in [-0.1, -0.05) is 18.2 Å². The Morgan fingerprint density at radius 2 is 1.93 bits per heavy atom. The normalized spacial score (nSPS) is 16.8. The van der Waals surface area contributed by atoms with Crippen LogP contribution in [0.3, 0.4) is 0 Å². The number of hydrogen-bond donors (Lipinski definition) is 1. The molecule has 4 rings (SSSR count). The Morgan fingerprint density at radius 3 is 2.62 bits per heavy atom. The third kappa shape index (κ3) is 4.10. The van der Waals surface area contributed by atoms with Gasteiger partial charge in [0.05, 0.1) is 4.90 Å². The topological polar surface area (TPSA) is 88.6 Å². The van der Waals surface area contributed by atoms with Crippen LogP contribution in [-0.4, -0.2) is 32.0 Å². The molecule has 2 aromatic carbocycles. The van der Waals surface area contributed by atoms with Gasteiger partial charge in [0.25, 0.3) is 15.9 Å². The maximum absolute atomic E-state index is 12.8. The third-order valence-electron chi connectivity index (χ3n) is 4.63. The highest BCUT2D eigenvalue weighted by Gasteiger charge is 2.34. The van der Waals surface area contributed by atoms with Crippen LogP contribution in [0.4, 0.5) is 10.8 Å². The summed E-state index contributed by atoms with van der Waals surface area (Å²) in [5.41, 5.74) is 1.61. The molecular formula is C20H19N3O4S2. The Hall–Kier alpha value is -2.91. The fourth-order valence-corrected chi connectivity index (χ4v) is 4.90. The van der Waals surface area contributed by atoms with Gasteiger partial charge in [0.1, 0.15) is 5.75 Å². The van der Waals surface area contributed by atoms with Gasteiger partial charge in [0.15, 0.2) is 11.2 Å². The van der Waals surface area contributed by atoms with E-state index in [1.54, 1.807) is 22.4 Å². The van der Waals surface area contributed by atoms with E-state index in [0.29, 0.717) is 29.5 Å². The lowest BCUT2D eigenvalue weighted by Crippen LogP contribution is -2.32. The van der Waals surface area contributed by atoms with E-state index >= 15 is 0 Å². The zero-order valence-corrected chi connectivity index (χ0v) is 17.2. The van der Waals surface area contributed by atoms with Crippen LogP contribution < -0.4 is 14.4 Å². The maximum Gasteiger partial charge on any atom is 0.268 e. The number of thiazole rings is 1. The maximum atomic E-state index is 12.8. The van der Waals surface area contributed by atoms with E-state index in [0.717, 1.165) is 5.56 Å². The lowest BCUT2D eigenvalue weighted by atomic mass is 10.2. The Kier molecular flexibility index (Phi) is 5.25. The largest absolute Gasteiger partial charge is 0.480 e. The first-order valence-corrected chi connectivity index (χ1v) is 11.4. The number of rotatable bonds is 6. The molecule has 1 atom stereocenters. The van der Waals surface area contributed by atoms with Crippen LogP contribution >= 0.6 is 11.3 Å². The molecule has 1 fully saturated rings. The summed E-state index contributed by atoms with van der Waals surface area (Å²) in [6, 6.07) is 13.8. The van der Waals surface area contributed by atoms with Gasteiger partial charge < -0.3 is 9.64 Å². The lowest BCUT2D eigenvalue weighted by molar-refractivity contribution is -0.122. The van der Waals surface area contributed by atoms with E-state index in [1.807, 2.05) is 31.2 Å². The number of amides is 1. The Labute approximate surface area is 173 Å². The number of sulfonamides is 1. The predicted molar refractivity (Wildman–Crippen MR) is 112 cm³/mol. The van der Waals surface area contributed by atoms with Gasteiger partial charge in [-0.2, -0.15) is 0 Å². The second-order valence-corrected chi connectivity index (χ2v) is 9.16. The molecule has 0 spiro atoms. The number of aromatic nitrogens is 1. The minimum absolute atomic E-state index is 0.107. The standard InChI is InChI=1S/C20H19N3O4S2/c1-14-4-2-3-5-17(14)27-18-10-12-23(19(18)24)15-6-8-16(9-7-15)29(25,26)22-20-21-11-13-28-20/h2-9,11,13,18H,10,12H2,1H3,(H,21,22). The van der Waals surface area contributed by atoms with E-state index in [4.69, 9.17) is 4.74 Å². The van der Waals surface area contributed by atoms with E-state index in [2.05, 4.69) is 9.71 Å². The van der Waals surface area contributed by atoms with E-state index in [9.17, 15) is 13.2 Å². The van der Waals surface area contributed by atoms with E-state index < -0.39 is 16.1 Å². The molecular weight excluding hydrogens is 410 g/mol. The number of nitrogens with one attached hydrogen (secondary N) is 1. The van der Waals surface area contributed by atoms with Crippen molar-refractivity contribution in [3.05, 3.63) is 65.7 Å². The summed E-state index contributed by atoms with van der Waals surface area (Å²) in [6.07, 6.45) is 1.55. The highest BCUT2D eigenvalue weighted by molar-refractivity contribution is 7.93. The van der Waals surface area contributed by atoms with Gasteiger partial charge >= 0.3 is 0 Å². The molecule has 1 aliphatic heterocycles. The molecule has 3 aromatic rings. The Bertz CT molecular complexity index is 1110. The SMILES string of the molecule is Cc1ccccc1OC1CCN(c2ccc(S(=O)(=O)Nc3nccs3)cc2)C1=O. The van der Waals surface area contributed by atoms with Crippen LogP contribution in [0.1, 0.15) is 12.0 Å². The van der Waals surface area contributed by atoms with E-state index in [-0.39, 0.29) is 10.8 Å². The molecule has 29 heavy (non-hydrogen) atoms. The van der Waals surface area contributed by atoms with Crippen LogP contribution in [0.25, 0.3) is 0 Å². The predicted octanol–water partition coefficient (Wildman–Crippen LogP) is 3.44. The highest BCUT2D eigenvalue weighted by Crippen LogP contribution is 2.27. The summed E-state index contributed by atoms with van der Waals surface area (Å²) < 4.78 is 33.2. The van der Waals surface area contributed by atoms with Crippen LogP contribution in [-0.2, 0) is 14.8 Å². The summed E-state index contributed by atoms with van der Waals surface area (Å²) in [4.78, 5) is 18.4. The fourth-order valence-electron chi connectivity index (χ4n) is 3.11. The second kappa shape index (κ2) is 7.84. The number of carbonyl (C=O) groups is 1. The first kappa shape index (κ1) is 19.4. The van der Waals surface area contributed by atoms with Gasteiger partial charge in [-0.15, -0.1) is 11.3 Å². The summed E-state index contributed by atoms with van der Waals surface area (Å²) in [5, 5.41) is 2.00. The number of hydrogen-bond acceptors (Lipinski definition) is 6. The average Bonchev–Trinajstić information content (AvgIpc) is 3.33. The number of carbonyl (C=O) groups excluding carboxylic acids is 1. The van der Waals surface area contributed by atoms with Crippen molar-refractivity contribution in [2.24, 2.45) is 0 Å². The number of aryl methyl sites for hydroxylation is 1. The molecule has 0 bridgehead atoms. The van der Waals surface area contributed by atoms with Crippen molar-refractivity contribution in [2.45, 2.75) is 24.3 Å². The molecule has 1 amide bonds. The molecule has 7 nitrogen and oxygen atoms in total. The quantitative estimate of drug-likeness (QED) is 0.648. The molecule has 1 saturated heterocycles. The van der Waals surface area contributed by atoms with E-state index in [1.165, 1.54) is 29.7 Å². The molecule has 0 radical (unpaired) electrons. The monoisotopic (exact) mass is 429 g/mol. The van der Waals surface area contributed by atoms with Crippen LogP contribution in [0, 0.1) is 6.92 Å². The van der Waals surface area contributed by atoms with Gasteiger partial charge in [-0.05, 0) is 42.8 Å². The van der Waals surface area contributed by atoms with Crippen molar-refractivity contribution in [1.29, 1.82) is 0 Å². The molecule has 2 heterocycles. The van der Waals surface area contributed by atoms with Crippen LogP contribution in [0.15, 0.2) is 65.0 Å². The number of ether oxygens (including phenoxy) is 1. The molecule has 1 unspecified atom stereocenters. The summed E-state index contributed by atoms with van der Waals surface area (Å²) in [7, 11) is -3.72. The summed E-state index contributed by atoms with van der Waals surface area (Å²) >= 11 is 1.20. The van der Waals surface area contributed by atoms with Gasteiger partial charge in [0, 0.05) is 30.2 Å². The zero-order valence-electron chi connectivity index (χ0n) is 15.6. The molecule has 1 N–H and O–H groups in total. The van der Waals surface area contributed by atoms with Crippen molar-refractivity contribution in [2.75, 3.05) is 16.2 Å². The van der Waals surface area contributed by atoms with Crippen molar-refractivity contribution in [3.63, 3.8) is 0 Å². The van der Waals surface area contributed by atoms with Crippen molar-refractivity contribution in [3.8, 4) is 5.75 Å². The minimum Gasteiger partial charge on any atom is -0.480 e. The minimum atomic E-state index is -3.72. The molecule has 1 aliphatic rings. The second-order valence-electron chi connectivity index (χ2n) is 6.59. The molecule has 150 valence electrons. The fraction of sp³-hybridized carbons (Fsp3) is 0.200. The zero-order chi connectivity index (χ0) is 20.4. The third-order valence-corrected chi connectivity index (χ3v) is 6.80. The number of benzene rings is 2. The molecule has 0 saturated carbocycles. The van der Waals surface area contributed by atoms with Gasteiger partial charge in [0.2, 0.25) is 0 Å². The molecule has 9 heteroatoms. The smallest absolute Gasteiger partial charge is 0.268 e. The number of anilines is 2. The first-order valence-electron chi connectivity index (χ1n) is 9.00. The molecule has 1 aromatic heterocycles. The first-order chi connectivity index (χ1) is 13.9. The number of nitrogens with zero attached hydrogens (tertiary/aromatic N) is 2. The number of para-hydroxylation sites is 1. The average molecular weight is 430 g/mol. The van der Waals surface area contributed by atoms with Gasteiger partial charge in [-0.3, -0.25) is 9.52 Å². The molecule has 0 aliphatic carbocycles. The Morgan fingerprint density at radius 1 is 1.17 bits per heavy atom.